The van der Waals surface area contributed by atoms with Gasteiger partial charge in [-0.25, -0.2) is 4.79 Å². The molecule has 1 aromatic rings. The monoisotopic (exact) mass is 303 g/mol. The van der Waals surface area contributed by atoms with Crippen LogP contribution in [0.2, 0.25) is 0 Å². The topological polar surface area (TPSA) is 72.5 Å². The first kappa shape index (κ1) is 16.2. The molecule has 0 aliphatic carbocycles. The summed E-state index contributed by atoms with van der Waals surface area (Å²) < 4.78 is 4.75. The second kappa shape index (κ2) is 8.32. The summed E-state index contributed by atoms with van der Waals surface area (Å²) in [6, 6.07) is 9.52. The van der Waals surface area contributed by atoms with Gasteiger partial charge in [-0.3, -0.25) is 9.59 Å². The summed E-state index contributed by atoms with van der Waals surface area (Å²) in [6.45, 7) is 0.331. The van der Waals surface area contributed by atoms with Gasteiger partial charge in [0.05, 0.1) is 13.0 Å². The van der Waals surface area contributed by atoms with E-state index in [9.17, 15) is 14.4 Å². The first-order chi connectivity index (χ1) is 10.6. The molecule has 0 radical (unpaired) electrons. The van der Waals surface area contributed by atoms with E-state index in [2.05, 4.69) is 17.4 Å². The summed E-state index contributed by atoms with van der Waals surface area (Å²) in [4.78, 5) is 34.6. The van der Waals surface area contributed by atoms with Crippen molar-refractivity contribution in [1.29, 1.82) is 0 Å². The van der Waals surface area contributed by atoms with E-state index < -0.39 is 17.9 Å². The fraction of sp³-hybridized carbons (Fsp3) is 0.471. The molecule has 1 amide bonds. The van der Waals surface area contributed by atoms with Crippen LogP contribution in [0.1, 0.15) is 37.7 Å². The summed E-state index contributed by atoms with van der Waals surface area (Å²) in [5.41, 5.74) is 1.26. The number of ketones is 1. The molecule has 0 saturated carbocycles. The van der Waals surface area contributed by atoms with Crippen molar-refractivity contribution in [3.8, 4) is 0 Å². The number of Topliss-reactive ketones (excluding diaryl/α,β-unsaturated/α-hetero) is 1. The van der Waals surface area contributed by atoms with Crippen molar-refractivity contribution in [2.24, 2.45) is 0 Å². The second-order valence-corrected chi connectivity index (χ2v) is 5.48. The van der Waals surface area contributed by atoms with Crippen molar-refractivity contribution in [1.82, 2.24) is 5.32 Å². The number of cyclic esters (lactones) is 1. The Kier molecular flexibility index (Phi) is 6.13. The van der Waals surface area contributed by atoms with Crippen molar-refractivity contribution in [2.45, 2.75) is 44.6 Å². The summed E-state index contributed by atoms with van der Waals surface area (Å²) in [6.07, 6.45) is 3.35. The van der Waals surface area contributed by atoms with Gasteiger partial charge in [0.2, 0.25) is 5.91 Å². The Labute approximate surface area is 130 Å². The number of ether oxygens (including phenoxy) is 1. The highest BCUT2D eigenvalue weighted by molar-refractivity contribution is 5.99. The van der Waals surface area contributed by atoms with Crippen molar-refractivity contribution in [2.75, 3.05) is 6.61 Å². The number of rotatable bonds is 8. The molecule has 5 heteroatoms. The number of carbonyl (C=O) groups excluding carboxylic acids is 3. The van der Waals surface area contributed by atoms with Crippen LogP contribution in [0.5, 0.6) is 0 Å². The van der Waals surface area contributed by atoms with Crippen molar-refractivity contribution in [3.63, 3.8) is 0 Å². The lowest BCUT2D eigenvalue weighted by Gasteiger charge is -2.08. The first-order valence-corrected chi connectivity index (χ1v) is 7.67. The number of nitrogens with one attached hydrogen (secondary N) is 1. The van der Waals surface area contributed by atoms with Crippen molar-refractivity contribution < 1.29 is 19.1 Å². The zero-order chi connectivity index (χ0) is 15.8. The van der Waals surface area contributed by atoms with E-state index in [4.69, 9.17) is 4.74 Å². The van der Waals surface area contributed by atoms with Crippen LogP contribution in [0.3, 0.4) is 0 Å². The molecule has 2 rings (SSSR count). The molecular weight excluding hydrogens is 282 g/mol. The highest BCUT2D eigenvalue weighted by Crippen LogP contribution is 2.08. The lowest BCUT2D eigenvalue weighted by atomic mass is 10.0. The minimum Gasteiger partial charge on any atom is -0.464 e. The third-order valence-corrected chi connectivity index (χ3v) is 3.64. The standard InChI is InChI=1S/C17H21NO4/c19-14(9-5-4-8-13-6-2-1-3-7-13)12-16(20)18-15-10-11-22-17(15)21/h1-3,6-7,15H,4-5,8-12H2,(H,18,20)/t15-/m0/s1. The number of unbranched alkanes of at least 4 members (excludes halogenated alkanes) is 1. The molecule has 1 saturated heterocycles. The fourth-order valence-corrected chi connectivity index (χ4v) is 2.44. The molecular formula is C17H21NO4. The maximum atomic E-state index is 11.7. The Bertz CT molecular complexity index is 527. The molecule has 1 aliphatic heterocycles. The van der Waals surface area contributed by atoms with Gasteiger partial charge in [-0.1, -0.05) is 30.3 Å². The van der Waals surface area contributed by atoms with Crippen molar-refractivity contribution >= 4 is 17.7 Å². The predicted octanol–water partition coefficient (Wildman–Crippen LogP) is 1.79. The van der Waals surface area contributed by atoms with E-state index in [1.807, 2.05) is 18.2 Å². The molecule has 0 unspecified atom stereocenters. The number of hydrogen-bond acceptors (Lipinski definition) is 4. The van der Waals surface area contributed by atoms with Crippen LogP contribution in [0.25, 0.3) is 0 Å². The minimum atomic E-state index is -0.585. The van der Waals surface area contributed by atoms with E-state index in [-0.39, 0.29) is 12.2 Å². The molecule has 1 atom stereocenters. The van der Waals surface area contributed by atoms with E-state index in [1.165, 1.54) is 5.56 Å². The molecule has 5 nitrogen and oxygen atoms in total. The van der Waals surface area contributed by atoms with Crippen molar-refractivity contribution in [3.05, 3.63) is 35.9 Å². The smallest absolute Gasteiger partial charge is 0.328 e. The van der Waals surface area contributed by atoms with Crippen LogP contribution in [0.4, 0.5) is 0 Å². The lowest BCUT2D eigenvalue weighted by molar-refractivity contribution is -0.142. The van der Waals surface area contributed by atoms with Crippen LogP contribution < -0.4 is 5.32 Å². The van der Waals surface area contributed by atoms with Crippen LogP contribution >= 0.6 is 0 Å². The van der Waals surface area contributed by atoms with E-state index in [0.717, 1.165) is 19.3 Å². The molecule has 1 aliphatic rings. The van der Waals surface area contributed by atoms with Crippen LogP contribution in [0.15, 0.2) is 30.3 Å². The number of hydrogen-bond donors (Lipinski definition) is 1. The lowest BCUT2D eigenvalue weighted by Crippen LogP contribution is -2.38. The van der Waals surface area contributed by atoms with Crippen LogP contribution in [-0.4, -0.2) is 30.3 Å². The molecule has 0 aromatic heterocycles. The van der Waals surface area contributed by atoms with E-state index in [1.54, 1.807) is 0 Å². The third-order valence-electron chi connectivity index (χ3n) is 3.64. The minimum absolute atomic E-state index is 0.0862. The van der Waals surface area contributed by atoms with Crippen LogP contribution in [0, 0.1) is 0 Å². The SMILES string of the molecule is O=C(CCCCc1ccccc1)CC(=O)N[C@H]1CCOC1=O. The largest absolute Gasteiger partial charge is 0.464 e. The van der Waals surface area contributed by atoms with Gasteiger partial charge in [-0.15, -0.1) is 0 Å². The Morgan fingerprint density at radius 1 is 1.18 bits per heavy atom. The Hall–Kier alpha value is -2.17. The van der Waals surface area contributed by atoms with Gasteiger partial charge in [0, 0.05) is 12.8 Å². The average Bonchev–Trinajstić information content (AvgIpc) is 2.90. The van der Waals surface area contributed by atoms with Gasteiger partial charge in [-0.05, 0) is 24.8 Å². The molecule has 1 N–H and O–H groups in total. The molecule has 1 fully saturated rings. The molecule has 1 aromatic carbocycles. The normalized spacial score (nSPS) is 17.1. The van der Waals surface area contributed by atoms with Gasteiger partial charge in [0.25, 0.3) is 0 Å². The molecule has 118 valence electrons. The average molecular weight is 303 g/mol. The maximum absolute atomic E-state index is 11.7. The number of amides is 1. The van der Waals surface area contributed by atoms with Gasteiger partial charge in [0.15, 0.2) is 0 Å². The quantitative estimate of drug-likeness (QED) is 0.451. The fourth-order valence-electron chi connectivity index (χ4n) is 2.44. The van der Waals surface area contributed by atoms with Gasteiger partial charge in [-0.2, -0.15) is 0 Å². The zero-order valence-electron chi connectivity index (χ0n) is 12.5. The highest BCUT2D eigenvalue weighted by atomic mass is 16.5. The van der Waals surface area contributed by atoms with Gasteiger partial charge < -0.3 is 10.1 Å². The number of carbonyl (C=O) groups is 3. The number of aryl methyl sites for hydroxylation is 1. The highest BCUT2D eigenvalue weighted by Gasteiger charge is 2.28. The summed E-state index contributed by atoms with van der Waals surface area (Å²) in [7, 11) is 0. The van der Waals surface area contributed by atoms with E-state index >= 15 is 0 Å². The summed E-state index contributed by atoms with van der Waals surface area (Å²) in [5, 5.41) is 2.54. The Morgan fingerprint density at radius 2 is 1.95 bits per heavy atom. The zero-order valence-corrected chi connectivity index (χ0v) is 12.5. The first-order valence-electron chi connectivity index (χ1n) is 7.67. The molecule has 22 heavy (non-hydrogen) atoms. The second-order valence-electron chi connectivity index (χ2n) is 5.48. The molecule has 0 spiro atoms. The summed E-state index contributed by atoms with van der Waals surface area (Å²) >= 11 is 0. The predicted molar refractivity (Wildman–Crippen MR) is 81.1 cm³/mol. The molecule has 1 heterocycles. The molecule has 0 bridgehead atoms. The number of esters is 1. The number of benzene rings is 1. The Morgan fingerprint density at radius 3 is 2.64 bits per heavy atom. The van der Waals surface area contributed by atoms with Gasteiger partial charge in [0.1, 0.15) is 11.8 Å². The van der Waals surface area contributed by atoms with Gasteiger partial charge >= 0.3 is 5.97 Å². The third kappa shape index (κ3) is 5.31. The van der Waals surface area contributed by atoms with E-state index in [0.29, 0.717) is 19.4 Å². The Balaban J connectivity index is 1.59. The maximum Gasteiger partial charge on any atom is 0.328 e. The summed E-state index contributed by atoms with van der Waals surface area (Å²) in [5.74, 6) is -0.891. The van der Waals surface area contributed by atoms with Crippen LogP contribution in [-0.2, 0) is 25.5 Å².